The zero-order valence-electron chi connectivity index (χ0n) is 6.41. The van der Waals surface area contributed by atoms with Crippen molar-refractivity contribution < 1.29 is 59.8 Å². The number of rotatable bonds is 1. The molecule has 0 unspecified atom stereocenters. The van der Waals surface area contributed by atoms with E-state index in [0.29, 0.717) is 0 Å². The van der Waals surface area contributed by atoms with Gasteiger partial charge in [-0.2, -0.15) is 0 Å². The molecule has 0 aromatic heterocycles. The SMILES string of the molecule is [K+].[NH-]S(=O)(=O)c1ccc(Br)cc1. The summed E-state index contributed by atoms with van der Waals surface area (Å²) in [5.41, 5.74) is 0. The van der Waals surface area contributed by atoms with Gasteiger partial charge in [-0.05, 0) is 24.3 Å². The van der Waals surface area contributed by atoms with Gasteiger partial charge in [-0.15, -0.1) is 0 Å². The van der Waals surface area contributed by atoms with Crippen LogP contribution in [0.1, 0.15) is 0 Å². The monoisotopic (exact) mass is 273 g/mol. The second-order valence-corrected chi connectivity index (χ2v) is 4.35. The van der Waals surface area contributed by atoms with Gasteiger partial charge in [-0.3, -0.25) is 0 Å². The maximum Gasteiger partial charge on any atom is 1.00 e. The van der Waals surface area contributed by atoms with E-state index in [2.05, 4.69) is 15.9 Å². The first-order valence-electron chi connectivity index (χ1n) is 2.75. The average molecular weight is 274 g/mol. The van der Waals surface area contributed by atoms with E-state index >= 15 is 0 Å². The van der Waals surface area contributed by atoms with Crippen LogP contribution in [0.25, 0.3) is 5.14 Å². The van der Waals surface area contributed by atoms with Crippen LogP contribution in [0.3, 0.4) is 0 Å². The first-order chi connectivity index (χ1) is 5.00. The molecule has 12 heavy (non-hydrogen) atoms. The Morgan fingerprint density at radius 1 is 1.17 bits per heavy atom. The Labute approximate surface area is 122 Å². The zero-order valence-corrected chi connectivity index (χ0v) is 11.9. The number of nitrogens with one attached hydrogen (secondary N) is 1. The predicted molar refractivity (Wildman–Crippen MR) is 45.6 cm³/mol. The molecule has 0 fully saturated rings. The van der Waals surface area contributed by atoms with Crippen molar-refractivity contribution in [3.8, 4) is 0 Å². The fraction of sp³-hybridized carbons (Fsp3) is 0. The van der Waals surface area contributed by atoms with Crippen LogP contribution in [0, 0.1) is 0 Å². The molecule has 1 rings (SSSR count). The van der Waals surface area contributed by atoms with Crippen molar-refractivity contribution in [3.63, 3.8) is 0 Å². The smallest absolute Gasteiger partial charge is 0.560 e. The molecule has 0 aliphatic rings. The van der Waals surface area contributed by atoms with Crippen LogP contribution in [0.4, 0.5) is 0 Å². The van der Waals surface area contributed by atoms with Crippen LogP contribution in [0.5, 0.6) is 0 Å². The van der Waals surface area contributed by atoms with Crippen LogP contribution in [-0.2, 0) is 10.0 Å². The molecule has 60 valence electrons. The van der Waals surface area contributed by atoms with Crippen molar-refractivity contribution >= 4 is 26.0 Å². The van der Waals surface area contributed by atoms with Gasteiger partial charge >= 0.3 is 51.4 Å². The van der Waals surface area contributed by atoms with Gasteiger partial charge in [-0.1, -0.05) is 15.9 Å². The molecule has 0 radical (unpaired) electrons. The standard InChI is InChI=1S/C6H5BrNO2S.K/c7-5-1-3-6(4-2-5)11(8,9)10;/h1-4H,(H-,8,9,10);/q-1;+1. The molecule has 0 saturated carbocycles. The summed E-state index contributed by atoms with van der Waals surface area (Å²) in [6.07, 6.45) is 0. The molecule has 1 N–H and O–H groups in total. The summed E-state index contributed by atoms with van der Waals surface area (Å²) in [7, 11) is -3.79. The molecule has 0 amide bonds. The van der Waals surface area contributed by atoms with Crippen molar-refractivity contribution in [3.05, 3.63) is 33.9 Å². The second kappa shape index (κ2) is 5.21. The maximum atomic E-state index is 10.6. The summed E-state index contributed by atoms with van der Waals surface area (Å²) in [5, 5.41) is 6.70. The number of sulfonamides is 1. The minimum absolute atomic E-state index is 0. The Kier molecular flexibility index (Phi) is 5.75. The van der Waals surface area contributed by atoms with E-state index in [1.54, 1.807) is 12.1 Å². The van der Waals surface area contributed by atoms with Crippen LogP contribution in [0.2, 0.25) is 0 Å². The van der Waals surface area contributed by atoms with Gasteiger partial charge in [0, 0.05) is 9.37 Å². The number of halogens is 1. The number of hydrogen-bond acceptors (Lipinski definition) is 2. The molecular formula is C6H5BrKNO2S. The minimum atomic E-state index is -3.79. The van der Waals surface area contributed by atoms with E-state index in [4.69, 9.17) is 5.14 Å². The third kappa shape index (κ3) is 3.97. The van der Waals surface area contributed by atoms with Crippen molar-refractivity contribution in [1.29, 1.82) is 0 Å². The first-order valence-corrected chi connectivity index (χ1v) is 5.03. The molecule has 0 heterocycles. The first kappa shape index (κ1) is 13.2. The molecule has 0 spiro atoms. The van der Waals surface area contributed by atoms with Crippen LogP contribution < -0.4 is 51.4 Å². The van der Waals surface area contributed by atoms with Crippen LogP contribution in [0.15, 0.2) is 33.6 Å². The van der Waals surface area contributed by atoms with Gasteiger partial charge < -0.3 is 5.14 Å². The van der Waals surface area contributed by atoms with Gasteiger partial charge in [0.2, 0.25) is 0 Å². The molecule has 3 nitrogen and oxygen atoms in total. The van der Waals surface area contributed by atoms with Gasteiger partial charge in [0.1, 0.15) is 0 Å². The third-order valence-corrected chi connectivity index (χ3v) is 2.55. The van der Waals surface area contributed by atoms with Gasteiger partial charge in [0.25, 0.3) is 0 Å². The van der Waals surface area contributed by atoms with E-state index in [1.807, 2.05) is 0 Å². The fourth-order valence-electron chi connectivity index (χ4n) is 0.614. The van der Waals surface area contributed by atoms with Crippen molar-refractivity contribution in [1.82, 2.24) is 0 Å². The Hall–Kier alpha value is 1.25. The summed E-state index contributed by atoms with van der Waals surface area (Å²) < 4.78 is 22.0. The van der Waals surface area contributed by atoms with Crippen molar-refractivity contribution in [2.45, 2.75) is 4.90 Å². The molecular weight excluding hydrogens is 269 g/mol. The minimum Gasteiger partial charge on any atom is -0.560 e. The quantitative estimate of drug-likeness (QED) is 0.629. The Morgan fingerprint density at radius 2 is 1.58 bits per heavy atom. The maximum absolute atomic E-state index is 10.6. The summed E-state index contributed by atoms with van der Waals surface area (Å²) in [4.78, 5) is 0.0145. The normalized spacial score (nSPS) is 10.5. The topological polar surface area (TPSA) is 57.9 Å². The van der Waals surface area contributed by atoms with Crippen molar-refractivity contribution in [2.75, 3.05) is 0 Å². The second-order valence-electron chi connectivity index (χ2n) is 1.96. The molecule has 1 aromatic carbocycles. The fourth-order valence-corrected chi connectivity index (χ4v) is 1.37. The van der Waals surface area contributed by atoms with E-state index in [9.17, 15) is 8.42 Å². The summed E-state index contributed by atoms with van der Waals surface area (Å²) in [6.45, 7) is 0. The van der Waals surface area contributed by atoms with Gasteiger partial charge in [0.15, 0.2) is 0 Å². The van der Waals surface area contributed by atoms with E-state index in [0.717, 1.165) is 4.47 Å². The van der Waals surface area contributed by atoms with E-state index in [1.165, 1.54) is 12.1 Å². The molecule has 6 heteroatoms. The largest absolute Gasteiger partial charge is 1.00 e. The summed E-state index contributed by atoms with van der Waals surface area (Å²) >= 11 is 3.16. The Balaban J connectivity index is 0.00000121. The number of hydrogen-bond donors (Lipinski definition) is 0. The third-order valence-electron chi connectivity index (χ3n) is 1.12. The van der Waals surface area contributed by atoms with Crippen LogP contribution >= 0.6 is 15.9 Å². The van der Waals surface area contributed by atoms with Gasteiger partial charge in [0.05, 0.1) is 10.0 Å². The molecule has 0 aliphatic heterocycles. The van der Waals surface area contributed by atoms with Gasteiger partial charge in [-0.25, -0.2) is 8.42 Å². The van der Waals surface area contributed by atoms with Crippen LogP contribution in [-0.4, -0.2) is 8.42 Å². The number of benzene rings is 1. The Bertz CT molecular complexity index is 348. The molecule has 0 aliphatic carbocycles. The van der Waals surface area contributed by atoms with E-state index < -0.39 is 10.0 Å². The summed E-state index contributed by atoms with van der Waals surface area (Å²) in [5.74, 6) is 0. The average Bonchev–Trinajstić information content (AvgIpc) is 1.86. The molecule has 1 aromatic rings. The molecule has 0 atom stereocenters. The molecule has 0 bridgehead atoms. The molecule has 0 saturated heterocycles. The Morgan fingerprint density at radius 3 is 1.92 bits per heavy atom. The van der Waals surface area contributed by atoms with Crippen molar-refractivity contribution in [2.24, 2.45) is 0 Å². The van der Waals surface area contributed by atoms with E-state index in [-0.39, 0.29) is 56.3 Å². The zero-order chi connectivity index (χ0) is 8.48. The summed E-state index contributed by atoms with van der Waals surface area (Å²) in [6, 6.07) is 5.93. The predicted octanol–water partition coefficient (Wildman–Crippen LogP) is -0.806.